The summed E-state index contributed by atoms with van der Waals surface area (Å²) in [6.07, 6.45) is 8.32. The first-order valence-electron chi connectivity index (χ1n) is 7.13. The number of rotatable bonds is 6. The van der Waals surface area contributed by atoms with Gasteiger partial charge in [-0.25, -0.2) is 0 Å². The van der Waals surface area contributed by atoms with E-state index in [4.69, 9.17) is 4.74 Å². The molecule has 102 valence electrons. The van der Waals surface area contributed by atoms with Crippen LogP contribution in [-0.4, -0.2) is 34.6 Å². The van der Waals surface area contributed by atoms with Gasteiger partial charge in [0, 0.05) is 31.6 Å². The Labute approximate surface area is 110 Å². The second-order valence-electron chi connectivity index (χ2n) is 5.15. The number of aromatic nitrogens is 2. The molecule has 0 spiro atoms. The zero-order chi connectivity index (χ0) is 12.8. The molecule has 0 bridgehead atoms. The third-order valence-corrected chi connectivity index (χ3v) is 4.11. The molecule has 1 aliphatic heterocycles. The van der Waals surface area contributed by atoms with Gasteiger partial charge in [0.15, 0.2) is 0 Å². The summed E-state index contributed by atoms with van der Waals surface area (Å²) in [7, 11) is 0. The monoisotopic (exact) mass is 251 g/mol. The van der Waals surface area contributed by atoms with E-state index in [-0.39, 0.29) is 5.60 Å². The quantitative estimate of drug-likeness (QED) is 0.842. The summed E-state index contributed by atoms with van der Waals surface area (Å²) in [5, 5.41) is 7.85. The van der Waals surface area contributed by atoms with E-state index in [0.717, 1.165) is 45.4 Å². The highest BCUT2D eigenvalue weighted by atomic mass is 16.5. The van der Waals surface area contributed by atoms with Crippen LogP contribution in [0.4, 0.5) is 0 Å². The van der Waals surface area contributed by atoms with E-state index >= 15 is 0 Å². The Morgan fingerprint density at radius 1 is 1.44 bits per heavy atom. The predicted molar refractivity (Wildman–Crippen MR) is 72.5 cm³/mol. The Balaban J connectivity index is 1.75. The van der Waals surface area contributed by atoms with E-state index in [1.54, 1.807) is 0 Å². The summed E-state index contributed by atoms with van der Waals surface area (Å²) in [6, 6.07) is 2.56. The van der Waals surface area contributed by atoms with Crippen LogP contribution >= 0.6 is 0 Å². The number of hydrogen-bond donors (Lipinski definition) is 1. The van der Waals surface area contributed by atoms with Crippen molar-refractivity contribution in [3.63, 3.8) is 0 Å². The summed E-state index contributed by atoms with van der Waals surface area (Å²) >= 11 is 0. The normalized spacial score (nSPS) is 23.1. The molecule has 4 heteroatoms. The SMILES string of the molecule is CCC1(CC)CC(NCCn2cccn2)CCO1. The van der Waals surface area contributed by atoms with Crippen molar-refractivity contribution < 1.29 is 4.74 Å². The lowest BCUT2D eigenvalue weighted by atomic mass is 9.86. The molecule has 0 saturated carbocycles. The molecule has 1 unspecified atom stereocenters. The summed E-state index contributed by atoms with van der Waals surface area (Å²) in [6.45, 7) is 7.28. The lowest BCUT2D eigenvalue weighted by Crippen LogP contribution is -2.47. The van der Waals surface area contributed by atoms with Gasteiger partial charge in [0.25, 0.3) is 0 Å². The largest absolute Gasteiger partial charge is 0.375 e. The molecule has 0 radical (unpaired) electrons. The Kier molecular flexibility index (Phi) is 4.78. The Morgan fingerprint density at radius 3 is 2.94 bits per heavy atom. The fraction of sp³-hybridized carbons (Fsp3) is 0.786. The second kappa shape index (κ2) is 6.34. The number of nitrogens with zero attached hydrogens (tertiary/aromatic N) is 2. The number of hydrogen-bond acceptors (Lipinski definition) is 3. The van der Waals surface area contributed by atoms with E-state index in [1.807, 2.05) is 23.1 Å². The fourth-order valence-corrected chi connectivity index (χ4v) is 2.76. The average molecular weight is 251 g/mol. The molecule has 1 saturated heterocycles. The first kappa shape index (κ1) is 13.6. The summed E-state index contributed by atoms with van der Waals surface area (Å²) < 4.78 is 7.96. The van der Waals surface area contributed by atoms with Crippen LogP contribution in [0.15, 0.2) is 18.5 Å². The minimum Gasteiger partial charge on any atom is -0.375 e. The van der Waals surface area contributed by atoms with Crippen molar-refractivity contribution in [2.24, 2.45) is 0 Å². The van der Waals surface area contributed by atoms with Crippen molar-refractivity contribution in [3.05, 3.63) is 18.5 Å². The zero-order valence-corrected chi connectivity index (χ0v) is 11.6. The molecule has 4 nitrogen and oxygen atoms in total. The summed E-state index contributed by atoms with van der Waals surface area (Å²) in [5.41, 5.74) is 0.113. The highest BCUT2D eigenvalue weighted by molar-refractivity contribution is 4.88. The van der Waals surface area contributed by atoms with Gasteiger partial charge < -0.3 is 10.1 Å². The van der Waals surface area contributed by atoms with Crippen LogP contribution < -0.4 is 5.32 Å². The molecule has 0 aromatic carbocycles. The molecule has 1 atom stereocenters. The van der Waals surface area contributed by atoms with Crippen molar-refractivity contribution in [3.8, 4) is 0 Å². The highest BCUT2D eigenvalue weighted by Gasteiger charge is 2.33. The molecule has 0 amide bonds. The molecule has 1 aromatic heterocycles. The van der Waals surface area contributed by atoms with Gasteiger partial charge in [-0.3, -0.25) is 4.68 Å². The molecule has 18 heavy (non-hydrogen) atoms. The first-order valence-corrected chi connectivity index (χ1v) is 7.13. The molecule has 1 aliphatic rings. The average Bonchev–Trinajstić information content (AvgIpc) is 2.92. The van der Waals surface area contributed by atoms with Crippen molar-refractivity contribution >= 4 is 0 Å². The van der Waals surface area contributed by atoms with Gasteiger partial charge in [-0.05, 0) is 31.7 Å². The van der Waals surface area contributed by atoms with Crippen LogP contribution in [0.25, 0.3) is 0 Å². The molecular weight excluding hydrogens is 226 g/mol. The maximum Gasteiger partial charge on any atom is 0.0692 e. The van der Waals surface area contributed by atoms with E-state index in [9.17, 15) is 0 Å². The van der Waals surface area contributed by atoms with Crippen LogP contribution in [0.5, 0.6) is 0 Å². The molecule has 0 aliphatic carbocycles. The minimum absolute atomic E-state index is 0.113. The lowest BCUT2D eigenvalue weighted by Gasteiger charge is -2.40. The van der Waals surface area contributed by atoms with Crippen LogP contribution in [-0.2, 0) is 11.3 Å². The fourth-order valence-electron chi connectivity index (χ4n) is 2.76. The standard InChI is InChI=1S/C14H25N3O/c1-3-14(4-2)12-13(6-11-18-14)15-8-10-17-9-5-7-16-17/h5,7,9,13,15H,3-4,6,8,10-12H2,1-2H3. The van der Waals surface area contributed by atoms with Crippen molar-refractivity contribution in [1.29, 1.82) is 0 Å². The van der Waals surface area contributed by atoms with Crippen molar-refractivity contribution in [2.45, 2.75) is 57.7 Å². The summed E-state index contributed by atoms with van der Waals surface area (Å²) in [5.74, 6) is 0. The lowest BCUT2D eigenvalue weighted by molar-refractivity contribution is -0.0930. The second-order valence-corrected chi connectivity index (χ2v) is 5.15. The van der Waals surface area contributed by atoms with E-state index in [1.165, 1.54) is 0 Å². The predicted octanol–water partition coefficient (Wildman–Crippen LogP) is 2.21. The molecule has 1 N–H and O–H groups in total. The van der Waals surface area contributed by atoms with E-state index < -0.39 is 0 Å². The number of nitrogens with one attached hydrogen (secondary N) is 1. The maximum atomic E-state index is 5.99. The van der Waals surface area contributed by atoms with Gasteiger partial charge in [0.05, 0.1) is 12.1 Å². The molecule has 1 aromatic rings. The van der Waals surface area contributed by atoms with Gasteiger partial charge in [0.1, 0.15) is 0 Å². The molecule has 2 heterocycles. The van der Waals surface area contributed by atoms with E-state index in [0.29, 0.717) is 6.04 Å². The van der Waals surface area contributed by atoms with Crippen LogP contribution in [0.2, 0.25) is 0 Å². The Hall–Kier alpha value is -0.870. The smallest absolute Gasteiger partial charge is 0.0692 e. The third kappa shape index (κ3) is 3.33. The minimum atomic E-state index is 0.113. The Bertz CT molecular complexity index is 333. The highest BCUT2D eigenvalue weighted by Crippen LogP contribution is 2.31. The number of ether oxygens (including phenoxy) is 1. The van der Waals surface area contributed by atoms with Crippen LogP contribution in [0.1, 0.15) is 39.5 Å². The van der Waals surface area contributed by atoms with Gasteiger partial charge in [-0.1, -0.05) is 13.8 Å². The van der Waals surface area contributed by atoms with Gasteiger partial charge in [0.2, 0.25) is 0 Å². The van der Waals surface area contributed by atoms with Gasteiger partial charge in [-0.15, -0.1) is 0 Å². The molecule has 1 fully saturated rings. The van der Waals surface area contributed by atoms with Gasteiger partial charge >= 0.3 is 0 Å². The first-order chi connectivity index (χ1) is 8.78. The zero-order valence-electron chi connectivity index (χ0n) is 11.6. The molecule has 2 rings (SSSR count). The van der Waals surface area contributed by atoms with E-state index in [2.05, 4.69) is 24.3 Å². The molecular formula is C14H25N3O. The van der Waals surface area contributed by atoms with Crippen molar-refractivity contribution in [2.75, 3.05) is 13.2 Å². The topological polar surface area (TPSA) is 39.1 Å². The summed E-state index contributed by atoms with van der Waals surface area (Å²) in [4.78, 5) is 0. The van der Waals surface area contributed by atoms with Gasteiger partial charge in [-0.2, -0.15) is 5.10 Å². The maximum absolute atomic E-state index is 5.99. The Morgan fingerprint density at radius 2 is 2.28 bits per heavy atom. The van der Waals surface area contributed by atoms with Crippen LogP contribution in [0.3, 0.4) is 0 Å². The van der Waals surface area contributed by atoms with Crippen LogP contribution in [0, 0.1) is 0 Å². The third-order valence-electron chi connectivity index (χ3n) is 4.11. The van der Waals surface area contributed by atoms with Crippen molar-refractivity contribution in [1.82, 2.24) is 15.1 Å².